The van der Waals surface area contributed by atoms with Crippen LogP contribution in [0.3, 0.4) is 0 Å². The Balaban J connectivity index is 1.51. The van der Waals surface area contributed by atoms with E-state index >= 15 is 8.78 Å². The number of aromatic nitrogens is 3. The fourth-order valence-corrected chi connectivity index (χ4v) is 6.10. The van der Waals surface area contributed by atoms with Gasteiger partial charge in [0.2, 0.25) is 5.13 Å². The van der Waals surface area contributed by atoms with Gasteiger partial charge in [0.05, 0.1) is 23.6 Å². The van der Waals surface area contributed by atoms with E-state index in [-0.39, 0.29) is 30.0 Å². The van der Waals surface area contributed by atoms with Gasteiger partial charge in [0.1, 0.15) is 23.2 Å². The zero-order valence-electron chi connectivity index (χ0n) is 23.8. The van der Waals surface area contributed by atoms with Crippen molar-refractivity contribution in [2.24, 2.45) is 5.92 Å². The number of aryl methyl sites for hydroxylation is 1. The Labute approximate surface area is 258 Å². The van der Waals surface area contributed by atoms with Crippen LogP contribution in [0.4, 0.5) is 14.5 Å². The van der Waals surface area contributed by atoms with E-state index in [9.17, 15) is 13.6 Å². The molecule has 0 bridgehead atoms. The van der Waals surface area contributed by atoms with Crippen molar-refractivity contribution in [1.29, 1.82) is 0 Å². The van der Waals surface area contributed by atoms with Gasteiger partial charge in [0.15, 0.2) is 5.69 Å². The van der Waals surface area contributed by atoms with Crippen LogP contribution in [0.25, 0.3) is 27.7 Å². The van der Waals surface area contributed by atoms with Gasteiger partial charge < -0.3 is 18.4 Å². The maximum atomic E-state index is 15.4. The minimum absolute atomic E-state index is 0.0971. The number of ether oxygens (including phenoxy) is 1. The predicted octanol–water partition coefficient (Wildman–Crippen LogP) is 6.77. The van der Waals surface area contributed by atoms with Crippen molar-refractivity contribution in [1.82, 2.24) is 14.8 Å². The highest BCUT2D eigenvalue weighted by Crippen LogP contribution is 2.39. The highest BCUT2D eigenvalue weighted by molar-refractivity contribution is 7.80. The molecule has 3 aromatic heterocycles. The number of nitrogens with zero attached hydrogens (tertiary/aromatic N) is 3. The summed E-state index contributed by atoms with van der Waals surface area (Å²) in [7, 11) is 0. The number of rotatable bonds is 11. The lowest BCUT2D eigenvalue weighted by molar-refractivity contribution is 0.0520. The summed E-state index contributed by atoms with van der Waals surface area (Å²) >= 11 is -1.37. The fraction of sp³-hybridized carbons (Fsp3) is 0.258. The van der Waals surface area contributed by atoms with Gasteiger partial charge in [0.25, 0.3) is 0 Å². The number of thiazole rings is 1. The number of halogens is 2. The smallest absolute Gasteiger partial charge is 0.357 e. The minimum Gasteiger partial charge on any atom is -0.755 e. The molecule has 228 valence electrons. The highest BCUT2D eigenvalue weighted by atomic mass is 32.2. The molecule has 9 nitrogen and oxygen atoms in total. The van der Waals surface area contributed by atoms with Gasteiger partial charge >= 0.3 is 5.97 Å². The second-order valence-corrected chi connectivity index (χ2v) is 12.0. The van der Waals surface area contributed by atoms with E-state index < -0.39 is 28.9 Å². The third-order valence-electron chi connectivity index (χ3n) is 7.29. The Morgan fingerprint density at radius 3 is 2.68 bits per heavy atom. The van der Waals surface area contributed by atoms with Crippen LogP contribution in [0.15, 0.2) is 58.3 Å². The van der Waals surface area contributed by atoms with E-state index in [4.69, 9.17) is 14.3 Å². The van der Waals surface area contributed by atoms with E-state index in [2.05, 4.69) is 9.71 Å². The molecule has 0 saturated heterocycles. The SMILES string of the molecule is CCOC(=O)c1csc(-n2nc(-c3ccc(F)c(-c4ccc(C)o4)c3)c(Cc3ccc(NS(=O)[O-])cc3F)c2CC2CC2)n1. The summed E-state index contributed by atoms with van der Waals surface area (Å²) in [5, 5.41) is 7.00. The van der Waals surface area contributed by atoms with Crippen molar-refractivity contribution >= 4 is 34.3 Å². The van der Waals surface area contributed by atoms with E-state index in [1.54, 1.807) is 48.2 Å². The number of nitrogens with one attached hydrogen (secondary N) is 1. The molecule has 0 amide bonds. The second kappa shape index (κ2) is 12.4. The van der Waals surface area contributed by atoms with Crippen LogP contribution in [0.5, 0.6) is 0 Å². The monoisotopic (exact) mass is 637 g/mol. The lowest BCUT2D eigenvalue weighted by Crippen LogP contribution is -2.08. The molecule has 5 aromatic rings. The molecular formula is C31H27F2N4O5S2-. The lowest BCUT2D eigenvalue weighted by Gasteiger charge is -2.12. The van der Waals surface area contributed by atoms with Crippen LogP contribution in [0.2, 0.25) is 0 Å². The van der Waals surface area contributed by atoms with Gasteiger partial charge in [-0.3, -0.25) is 4.21 Å². The molecule has 2 aromatic carbocycles. The third-order valence-corrected chi connectivity index (χ3v) is 8.51. The molecule has 1 unspecified atom stereocenters. The van der Waals surface area contributed by atoms with Gasteiger partial charge in [-0.25, -0.2) is 23.2 Å². The Bertz CT molecular complexity index is 1880. The first-order valence-electron chi connectivity index (χ1n) is 13.9. The van der Waals surface area contributed by atoms with Crippen molar-refractivity contribution in [2.75, 3.05) is 11.3 Å². The van der Waals surface area contributed by atoms with Crippen molar-refractivity contribution in [2.45, 2.75) is 39.5 Å². The molecule has 1 aliphatic rings. The van der Waals surface area contributed by atoms with Crippen molar-refractivity contribution < 1.29 is 31.5 Å². The maximum absolute atomic E-state index is 15.4. The van der Waals surface area contributed by atoms with E-state index in [0.29, 0.717) is 51.4 Å². The Morgan fingerprint density at radius 1 is 1.18 bits per heavy atom. The van der Waals surface area contributed by atoms with Crippen LogP contribution in [-0.4, -0.2) is 36.1 Å². The number of furan rings is 1. The lowest BCUT2D eigenvalue weighted by atomic mass is 9.95. The first-order chi connectivity index (χ1) is 21.2. The molecule has 3 heterocycles. The molecule has 0 radical (unpaired) electrons. The molecule has 1 saturated carbocycles. The molecule has 1 atom stereocenters. The molecule has 44 heavy (non-hydrogen) atoms. The quantitative estimate of drug-likeness (QED) is 0.125. The van der Waals surface area contributed by atoms with Crippen LogP contribution < -0.4 is 4.72 Å². The number of carbonyl (C=O) groups excluding carboxylic acids is 1. The van der Waals surface area contributed by atoms with Gasteiger partial charge in [0, 0.05) is 39.9 Å². The third kappa shape index (κ3) is 6.35. The Kier molecular flexibility index (Phi) is 8.43. The summed E-state index contributed by atoms with van der Waals surface area (Å²) < 4.78 is 67.2. The summed E-state index contributed by atoms with van der Waals surface area (Å²) in [5.74, 6) is -0.202. The molecule has 6 rings (SSSR count). The van der Waals surface area contributed by atoms with Crippen LogP contribution in [0, 0.1) is 24.5 Å². The van der Waals surface area contributed by atoms with Gasteiger partial charge in [-0.1, -0.05) is 6.07 Å². The van der Waals surface area contributed by atoms with E-state index in [1.807, 2.05) is 0 Å². The number of hydrogen-bond acceptors (Lipinski definition) is 8. The normalized spacial score (nSPS) is 13.7. The van der Waals surface area contributed by atoms with Gasteiger partial charge in [-0.05, 0) is 87.1 Å². The van der Waals surface area contributed by atoms with Crippen LogP contribution in [0.1, 0.15) is 52.8 Å². The fourth-order valence-electron chi connectivity index (χ4n) is 5.01. The molecule has 1 fully saturated rings. The van der Waals surface area contributed by atoms with E-state index in [1.165, 1.54) is 29.5 Å². The largest absolute Gasteiger partial charge is 0.755 e. The van der Waals surface area contributed by atoms with Gasteiger partial charge in [-0.2, -0.15) is 5.10 Å². The van der Waals surface area contributed by atoms with Gasteiger partial charge in [-0.15, -0.1) is 11.3 Å². The maximum Gasteiger partial charge on any atom is 0.357 e. The molecule has 0 aliphatic heterocycles. The standard InChI is InChI=1S/C31H28F2N4O5S2/c1-3-41-30(38)26-16-43-31(34-26)37-27(12-18-5-6-18)23(13-19-7-9-21(15-25(19)33)36-44(39)40)29(35-37)20-8-10-24(32)22(14-20)28-11-4-17(2)42-28/h4,7-11,14-16,18,36H,3,5-6,12-13H2,1-2H3,(H,39,40)/p-1. The summed E-state index contributed by atoms with van der Waals surface area (Å²) in [6.45, 7) is 3.70. The summed E-state index contributed by atoms with van der Waals surface area (Å²) in [6, 6.07) is 12.2. The zero-order chi connectivity index (χ0) is 31.0. The van der Waals surface area contributed by atoms with Crippen LogP contribution in [-0.2, 0) is 28.8 Å². The van der Waals surface area contributed by atoms with E-state index in [0.717, 1.165) is 24.6 Å². The molecule has 1 N–H and O–H groups in total. The molecule has 1 aliphatic carbocycles. The van der Waals surface area contributed by atoms with Crippen molar-refractivity contribution in [3.63, 3.8) is 0 Å². The summed E-state index contributed by atoms with van der Waals surface area (Å²) in [5.41, 5.74) is 3.43. The number of carbonyl (C=O) groups is 1. The van der Waals surface area contributed by atoms with Crippen molar-refractivity contribution in [3.8, 4) is 27.7 Å². The Morgan fingerprint density at radius 2 is 2.00 bits per heavy atom. The molecular weight excluding hydrogens is 610 g/mol. The van der Waals surface area contributed by atoms with Crippen LogP contribution >= 0.6 is 11.3 Å². The number of benzene rings is 2. The summed E-state index contributed by atoms with van der Waals surface area (Å²) in [4.78, 5) is 16.9. The average molecular weight is 638 g/mol. The number of esters is 1. The highest BCUT2D eigenvalue weighted by Gasteiger charge is 2.30. The number of anilines is 1. The average Bonchev–Trinajstić information content (AvgIpc) is 3.33. The predicted molar refractivity (Wildman–Crippen MR) is 161 cm³/mol. The first-order valence-corrected chi connectivity index (χ1v) is 15.9. The minimum atomic E-state index is -2.60. The first kappa shape index (κ1) is 29.9. The molecule has 13 heteroatoms. The Hall–Kier alpha value is -4.20. The molecule has 0 spiro atoms. The van der Waals surface area contributed by atoms with Crippen molar-refractivity contribution in [3.05, 3.63) is 93.8 Å². The summed E-state index contributed by atoms with van der Waals surface area (Å²) in [6.07, 6.45) is 2.82. The topological polar surface area (TPSA) is 122 Å². The second-order valence-electron chi connectivity index (χ2n) is 10.5. The number of hydrogen-bond donors (Lipinski definition) is 1. The zero-order valence-corrected chi connectivity index (χ0v) is 25.4.